The van der Waals surface area contributed by atoms with Gasteiger partial charge in [0.15, 0.2) is 5.69 Å². The minimum atomic E-state index is -1.20. The lowest BCUT2D eigenvalue weighted by molar-refractivity contribution is -0.0875. The van der Waals surface area contributed by atoms with E-state index in [0.717, 1.165) is 30.5 Å². The molecule has 1 amide bonds. The number of hydrogen-bond donors (Lipinski definition) is 4. The topological polar surface area (TPSA) is 107 Å². The quantitative estimate of drug-likeness (QED) is 0.640. The molecule has 1 fully saturated rings. The Labute approximate surface area is 155 Å². The highest BCUT2D eigenvalue weighted by Crippen LogP contribution is 2.27. The number of carbonyl (C=O) groups is 1. The Balaban J connectivity index is 1.39. The number of nitrogens with zero attached hydrogens (tertiary/aromatic N) is 1. The first-order chi connectivity index (χ1) is 13.0. The predicted molar refractivity (Wildman–Crippen MR) is 93.9 cm³/mol. The zero-order valence-corrected chi connectivity index (χ0v) is 14.7. The summed E-state index contributed by atoms with van der Waals surface area (Å²) < 4.78 is 18.9. The second-order valence-electron chi connectivity index (χ2n) is 7.14. The number of ether oxygens (including phenoxy) is 1. The van der Waals surface area contributed by atoms with Gasteiger partial charge in [0.05, 0.1) is 6.04 Å². The van der Waals surface area contributed by atoms with Gasteiger partial charge in [-0.3, -0.25) is 9.89 Å². The zero-order chi connectivity index (χ0) is 19.0. The monoisotopic (exact) mass is 375 g/mol. The fraction of sp³-hybridized carbons (Fsp3) is 0.474. The summed E-state index contributed by atoms with van der Waals surface area (Å²) in [6.07, 6.45) is 0.478. The number of halogens is 1. The molecule has 4 N–H and O–H groups in total. The third-order valence-corrected chi connectivity index (χ3v) is 5.33. The molecule has 1 aromatic carbocycles. The Morgan fingerprint density at radius 2 is 2.11 bits per heavy atom. The van der Waals surface area contributed by atoms with E-state index in [4.69, 9.17) is 4.74 Å². The number of fused-ring (bicyclic) bond motifs is 1. The van der Waals surface area contributed by atoms with Gasteiger partial charge in [0.25, 0.3) is 5.91 Å². The highest BCUT2D eigenvalue weighted by Gasteiger charge is 2.40. The van der Waals surface area contributed by atoms with E-state index in [0.29, 0.717) is 24.3 Å². The van der Waals surface area contributed by atoms with Crippen molar-refractivity contribution in [1.82, 2.24) is 15.5 Å². The van der Waals surface area contributed by atoms with Gasteiger partial charge in [-0.25, -0.2) is 4.39 Å². The first-order valence-electron chi connectivity index (χ1n) is 9.18. The lowest BCUT2D eigenvalue weighted by Gasteiger charge is -2.37. The lowest BCUT2D eigenvalue weighted by Crippen LogP contribution is -2.57. The van der Waals surface area contributed by atoms with Crippen molar-refractivity contribution in [3.8, 4) is 5.75 Å². The maximum absolute atomic E-state index is 13.3. The summed E-state index contributed by atoms with van der Waals surface area (Å²) in [7, 11) is 0. The van der Waals surface area contributed by atoms with Crippen LogP contribution in [0.3, 0.4) is 0 Å². The maximum Gasteiger partial charge on any atom is 0.272 e. The Morgan fingerprint density at radius 3 is 2.93 bits per heavy atom. The highest BCUT2D eigenvalue weighted by molar-refractivity contribution is 5.94. The number of benzene rings is 1. The van der Waals surface area contributed by atoms with Crippen LogP contribution in [-0.2, 0) is 12.8 Å². The Kier molecular flexibility index (Phi) is 4.84. The molecule has 27 heavy (non-hydrogen) atoms. The van der Waals surface area contributed by atoms with Crippen molar-refractivity contribution in [1.29, 1.82) is 0 Å². The largest absolute Gasteiger partial charge is 0.488 e. The van der Waals surface area contributed by atoms with E-state index >= 15 is 0 Å². The summed E-state index contributed by atoms with van der Waals surface area (Å²) in [6, 6.07) is 5.03. The number of aromatic amines is 1. The van der Waals surface area contributed by atoms with Crippen molar-refractivity contribution >= 4 is 5.91 Å². The van der Waals surface area contributed by atoms with Gasteiger partial charge < -0.3 is 20.3 Å². The van der Waals surface area contributed by atoms with Crippen molar-refractivity contribution in [2.45, 2.75) is 56.5 Å². The summed E-state index contributed by atoms with van der Waals surface area (Å²) in [5, 5.41) is 30.6. The molecule has 144 valence electrons. The van der Waals surface area contributed by atoms with Crippen molar-refractivity contribution in [3.05, 3.63) is 47.0 Å². The van der Waals surface area contributed by atoms with Crippen LogP contribution < -0.4 is 10.1 Å². The minimum Gasteiger partial charge on any atom is -0.488 e. The number of aliphatic hydroxyl groups excluding tert-OH is 2. The molecule has 0 radical (unpaired) electrons. The van der Waals surface area contributed by atoms with E-state index in [-0.39, 0.29) is 5.91 Å². The Bertz CT molecular complexity index is 840. The predicted octanol–water partition coefficient (Wildman–Crippen LogP) is 1.10. The SMILES string of the molecule is O=C(N[C@@H]1CC[C@@H](Oc2cccc(F)c2)[C@@H](O)[C@@H]1O)c1n[nH]c2c1CCC2. The number of hydrogen-bond acceptors (Lipinski definition) is 5. The third kappa shape index (κ3) is 3.54. The number of amides is 1. The molecule has 0 spiro atoms. The molecule has 1 saturated carbocycles. The van der Waals surface area contributed by atoms with Crippen LogP contribution in [0.15, 0.2) is 24.3 Å². The third-order valence-electron chi connectivity index (χ3n) is 5.33. The van der Waals surface area contributed by atoms with Gasteiger partial charge in [-0.1, -0.05) is 6.07 Å². The van der Waals surface area contributed by atoms with Gasteiger partial charge in [0.2, 0.25) is 0 Å². The van der Waals surface area contributed by atoms with Crippen LogP contribution in [0.1, 0.15) is 41.0 Å². The van der Waals surface area contributed by atoms with Crippen molar-refractivity contribution in [2.24, 2.45) is 0 Å². The van der Waals surface area contributed by atoms with Crippen LogP contribution in [0, 0.1) is 5.82 Å². The smallest absolute Gasteiger partial charge is 0.272 e. The van der Waals surface area contributed by atoms with Gasteiger partial charge in [0, 0.05) is 17.3 Å². The van der Waals surface area contributed by atoms with E-state index in [1.807, 2.05) is 0 Å². The molecule has 2 aromatic rings. The van der Waals surface area contributed by atoms with Crippen molar-refractivity contribution in [3.63, 3.8) is 0 Å². The van der Waals surface area contributed by atoms with E-state index in [1.54, 1.807) is 6.07 Å². The first-order valence-corrected chi connectivity index (χ1v) is 9.18. The van der Waals surface area contributed by atoms with Crippen LogP contribution in [-0.4, -0.2) is 50.7 Å². The van der Waals surface area contributed by atoms with Crippen LogP contribution >= 0.6 is 0 Å². The number of H-pyrrole nitrogens is 1. The summed E-state index contributed by atoms with van der Waals surface area (Å²) >= 11 is 0. The molecule has 8 heteroatoms. The van der Waals surface area contributed by atoms with E-state index in [1.165, 1.54) is 18.2 Å². The van der Waals surface area contributed by atoms with E-state index < -0.39 is 30.2 Å². The van der Waals surface area contributed by atoms with Gasteiger partial charge in [-0.15, -0.1) is 0 Å². The normalized spacial score (nSPS) is 27.2. The molecule has 2 aliphatic carbocycles. The second kappa shape index (κ2) is 7.28. The molecule has 0 aliphatic heterocycles. The molecule has 0 unspecified atom stereocenters. The minimum absolute atomic E-state index is 0.292. The fourth-order valence-corrected chi connectivity index (χ4v) is 3.89. The van der Waals surface area contributed by atoms with E-state index in [9.17, 15) is 19.4 Å². The number of aromatic nitrogens is 2. The van der Waals surface area contributed by atoms with E-state index in [2.05, 4.69) is 15.5 Å². The average Bonchev–Trinajstić information content (AvgIpc) is 3.25. The molecule has 0 bridgehead atoms. The first kappa shape index (κ1) is 17.9. The van der Waals surface area contributed by atoms with Gasteiger partial charge in [-0.05, 0) is 44.2 Å². The van der Waals surface area contributed by atoms with Crippen molar-refractivity contribution < 1.29 is 24.1 Å². The summed E-state index contributed by atoms with van der Waals surface area (Å²) in [4.78, 5) is 12.5. The number of carbonyl (C=O) groups excluding carboxylic acids is 1. The standard InChI is InChI=1S/C19H22FN3O4/c20-10-3-1-4-11(9-10)27-15-8-7-14(17(24)18(15)25)21-19(26)16-12-5-2-6-13(12)22-23-16/h1,3-4,9,14-15,17-18,24-25H,2,5-8H2,(H,21,26)(H,22,23)/t14-,15-,17-,18-/m1/s1. The number of aliphatic hydroxyl groups is 2. The van der Waals surface area contributed by atoms with Gasteiger partial charge in [-0.2, -0.15) is 5.10 Å². The van der Waals surface area contributed by atoms with Crippen LogP contribution in [0.5, 0.6) is 5.75 Å². The molecule has 4 rings (SSSR count). The second-order valence-corrected chi connectivity index (χ2v) is 7.14. The molecule has 4 atom stereocenters. The summed E-state index contributed by atoms with van der Waals surface area (Å²) in [5.41, 5.74) is 2.29. The van der Waals surface area contributed by atoms with Crippen LogP contribution in [0.25, 0.3) is 0 Å². The van der Waals surface area contributed by atoms with Gasteiger partial charge >= 0.3 is 0 Å². The van der Waals surface area contributed by atoms with Crippen LogP contribution in [0.2, 0.25) is 0 Å². The summed E-state index contributed by atoms with van der Waals surface area (Å²) in [6.45, 7) is 0. The molecule has 1 heterocycles. The fourth-order valence-electron chi connectivity index (χ4n) is 3.89. The molecule has 2 aliphatic rings. The molecule has 7 nitrogen and oxygen atoms in total. The van der Waals surface area contributed by atoms with Crippen LogP contribution in [0.4, 0.5) is 4.39 Å². The maximum atomic E-state index is 13.3. The average molecular weight is 375 g/mol. The Hall–Kier alpha value is -2.45. The number of aryl methyl sites for hydroxylation is 1. The van der Waals surface area contributed by atoms with Crippen molar-refractivity contribution in [2.75, 3.05) is 0 Å². The number of rotatable bonds is 4. The molecule has 1 aromatic heterocycles. The van der Waals surface area contributed by atoms with Gasteiger partial charge in [0.1, 0.15) is 29.9 Å². The lowest BCUT2D eigenvalue weighted by atomic mass is 9.87. The number of nitrogens with one attached hydrogen (secondary N) is 2. The highest BCUT2D eigenvalue weighted by atomic mass is 19.1. The Morgan fingerprint density at radius 1 is 1.26 bits per heavy atom. The molecule has 0 saturated heterocycles. The molecular weight excluding hydrogens is 353 g/mol. The zero-order valence-electron chi connectivity index (χ0n) is 14.7. The molecular formula is C19H22FN3O4. The summed E-state index contributed by atoms with van der Waals surface area (Å²) in [5.74, 6) is -0.494.